The second-order valence-corrected chi connectivity index (χ2v) is 16.3. The van der Waals surface area contributed by atoms with Crippen molar-refractivity contribution in [2.75, 3.05) is 6.16 Å². The molecular formula is C26H23BrFP. The summed E-state index contributed by atoms with van der Waals surface area (Å²) in [5.74, 6) is -0.195. The summed E-state index contributed by atoms with van der Waals surface area (Å²) in [6.07, 6.45) is 1.76. The summed E-state index contributed by atoms with van der Waals surface area (Å²) in [5.41, 5.74) is 1.14. The molecule has 3 heteroatoms. The third kappa shape index (κ3) is 3.68. The minimum absolute atomic E-state index is 0.195. The van der Waals surface area contributed by atoms with Crippen molar-refractivity contribution in [3.8, 4) is 0 Å². The standard InChI is InChI=1S/C26H23BrFP/c27-29(24-10-4-1-5-11-24,25-12-6-2-7-13-25,26-14-8-3-9-15-26)21-20-22-16-18-23(28)19-17-22/h1-19H,20-21H2. The number of hydrogen-bond donors (Lipinski definition) is 0. The Labute approximate surface area is 180 Å². The fraction of sp³-hybridized carbons (Fsp3) is 0.0769. The molecule has 0 radical (unpaired) electrons. The second-order valence-electron chi connectivity index (χ2n) is 7.29. The molecule has 0 saturated carbocycles. The molecule has 0 spiro atoms. The van der Waals surface area contributed by atoms with Gasteiger partial charge in [-0.3, -0.25) is 0 Å². The van der Waals surface area contributed by atoms with Crippen molar-refractivity contribution in [3.05, 3.63) is 127 Å². The van der Waals surface area contributed by atoms with Crippen LogP contribution in [0.3, 0.4) is 0 Å². The molecule has 0 unspecified atom stereocenters. The first-order valence-corrected chi connectivity index (χ1v) is 14.2. The van der Waals surface area contributed by atoms with Crippen LogP contribution in [0, 0.1) is 5.82 Å². The van der Waals surface area contributed by atoms with Gasteiger partial charge in [0.2, 0.25) is 0 Å². The average molecular weight is 465 g/mol. The van der Waals surface area contributed by atoms with E-state index in [1.165, 1.54) is 15.9 Å². The van der Waals surface area contributed by atoms with Gasteiger partial charge in [-0.1, -0.05) is 0 Å². The molecule has 29 heavy (non-hydrogen) atoms. The Morgan fingerprint density at radius 1 is 0.552 bits per heavy atom. The molecular weight excluding hydrogens is 442 g/mol. The van der Waals surface area contributed by atoms with Gasteiger partial charge >= 0.3 is 180 Å². The molecule has 0 atom stereocenters. The molecule has 0 aliphatic carbocycles. The maximum atomic E-state index is 13.4. The van der Waals surface area contributed by atoms with Gasteiger partial charge in [0.25, 0.3) is 0 Å². The molecule has 0 aliphatic heterocycles. The topological polar surface area (TPSA) is 0 Å². The molecule has 4 rings (SSSR count). The summed E-state index contributed by atoms with van der Waals surface area (Å²) in [5, 5.41) is 0.995. The van der Waals surface area contributed by atoms with Crippen molar-refractivity contribution in [3.63, 3.8) is 0 Å². The van der Waals surface area contributed by atoms with E-state index < -0.39 is 5.31 Å². The number of rotatable bonds is 6. The van der Waals surface area contributed by atoms with E-state index in [0.717, 1.165) is 18.1 Å². The SMILES string of the molecule is Fc1ccc(CCP(Br)(c2ccccc2)(c2ccccc2)c2ccccc2)cc1. The minimum atomic E-state index is -2.92. The van der Waals surface area contributed by atoms with Gasteiger partial charge in [-0.25, -0.2) is 0 Å². The second kappa shape index (κ2) is 8.22. The van der Waals surface area contributed by atoms with E-state index in [9.17, 15) is 4.39 Å². The zero-order valence-electron chi connectivity index (χ0n) is 16.1. The van der Waals surface area contributed by atoms with Crippen LogP contribution in [0.25, 0.3) is 0 Å². The van der Waals surface area contributed by atoms with Crippen molar-refractivity contribution in [1.82, 2.24) is 0 Å². The molecule has 0 nitrogen and oxygen atoms in total. The van der Waals surface area contributed by atoms with Gasteiger partial charge < -0.3 is 0 Å². The zero-order valence-corrected chi connectivity index (χ0v) is 18.6. The average Bonchev–Trinajstić information content (AvgIpc) is 2.80. The van der Waals surface area contributed by atoms with Gasteiger partial charge in [0.1, 0.15) is 0 Å². The summed E-state index contributed by atoms with van der Waals surface area (Å²) >= 11 is 4.45. The number of halogens is 2. The Kier molecular flexibility index (Phi) is 5.67. The molecule has 0 N–H and O–H groups in total. The molecule has 0 aromatic heterocycles. The summed E-state index contributed by atoms with van der Waals surface area (Å²) in [6, 6.07) is 39.1. The summed E-state index contributed by atoms with van der Waals surface area (Å²) in [7, 11) is 0. The van der Waals surface area contributed by atoms with Gasteiger partial charge in [0.05, 0.1) is 0 Å². The van der Waals surface area contributed by atoms with Crippen LogP contribution in [-0.4, -0.2) is 6.16 Å². The normalized spacial score (nSPS) is 12.8. The molecule has 146 valence electrons. The van der Waals surface area contributed by atoms with E-state index in [0.29, 0.717) is 0 Å². The molecule has 0 amide bonds. The van der Waals surface area contributed by atoms with Gasteiger partial charge in [-0.15, -0.1) is 0 Å². The van der Waals surface area contributed by atoms with Crippen molar-refractivity contribution >= 4 is 36.7 Å². The first-order chi connectivity index (χ1) is 14.1. The molecule has 0 saturated heterocycles. The number of aryl methyl sites for hydroxylation is 1. The fourth-order valence-electron chi connectivity index (χ4n) is 4.04. The summed E-state index contributed by atoms with van der Waals surface area (Å²) in [6.45, 7) is 0. The van der Waals surface area contributed by atoms with E-state index in [1.54, 1.807) is 12.1 Å². The Balaban J connectivity index is 1.95. The van der Waals surface area contributed by atoms with Gasteiger partial charge in [-0.2, -0.15) is 0 Å². The van der Waals surface area contributed by atoms with Crippen LogP contribution >= 0.6 is 20.8 Å². The molecule has 0 aliphatic rings. The van der Waals surface area contributed by atoms with E-state index in [-0.39, 0.29) is 5.82 Å². The molecule has 0 heterocycles. The van der Waals surface area contributed by atoms with Gasteiger partial charge in [0, 0.05) is 0 Å². The maximum absolute atomic E-state index is 13.4. The van der Waals surface area contributed by atoms with Crippen molar-refractivity contribution in [2.24, 2.45) is 0 Å². The van der Waals surface area contributed by atoms with E-state index in [4.69, 9.17) is 0 Å². The van der Waals surface area contributed by atoms with Crippen molar-refractivity contribution in [2.45, 2.75) is 6.42 Å². The van der Waals surface area contributed by atoms with E-state index in [1.807, 2.05) is 12.1 Å². The van der Waals surface area contributed by atoms with Gasteiger partial charge in [-0.05, 0) is 0 Å². The monoisotopic (exact) mass is 464 g/mol. The van der Waals surface area contributed by atoms with Crippen LogP contribution in [0.1, 0.15) is 5.56 Å². The third-order valence-electron chi connectivity index (χ3n) is 5.62. The van der Waals surface area contributed by atoms with Gasteiger partial charge in [0.15, 0.2) is 0 Å². The number of hydrogen-bond acceptors (Lipinski definition) is 0. The van der Waals surface area contributed by atoms with Crippen LogP contribution in [-0.2, 0) is 6.42 Å². The quantitative estimate of drug-likeness (QED) is 0.297. The van der Waals surface area contributed by atoms with Crippen molar-refractivity contribution in [1.29, 1.82) is 0 Å². The molecule has 4 aromatic carbocycles. The predicted molar refractivity (Wildman–Crippen MR) is 129 cm³/mol. The van der Waals surface area contributed by atoms with E-state index in [2.05, 4.69) is 106 Å². The van der Waals surface area contributed by atoms with Crippen LogP contribution in [0.4, 0.5) is 4.39 Å². The van der Waals surface area contributed by atoms with Crippen LogP contribution < -0.4 is 15.9 Å². The Bertz CT molecular complexity index is 965. The summed E-state index contributed by atoms with van der Waals surface area (Å²) in [4.78, 5) is 0. The molecule has 0 bridgehead atoms. The van der Waals surface area contributed by atoms with E-state index >= 15 is 0 Å². The Morgan fingerprint density at radius 2 is 0.931 bits per heavy atom. The summed E-state index contributed by atoms with van der Waals surface area (Å²) < 4.78 is 13.4. The van der Waals surface area contributed by atoms with Crippen LogP contribution in [0.15, 0.2) is 115 Å². The first kappa shape index (κ1) is 20.0. The predicted octanol–water partition coefficient (Wildman–Crippen LogP) is 6.21. The Morgan fingerprint density at radius 3 is 1.31 bits per heavy atom. The first-order valence-electron chi connectivity index (χ1n) is 9.75. The zero-order chi connectivity index (χ0) is 20.2. The van der Waals surface area contributed by atoms with Crippen molar-refractivity contribution < 1.29 is 4.39 Å². The third-order valence-corrected chi connectivity index (χ3v) is 15.6. The molecule has 0 fully saturated rings. The fourth-order valence-corrected chi connectivity index (χ4v) is 11.4. The Hall–Kier alpha value is -2.28. The van der Waals surface area contributed by atoms with Crippen LogP contribution in [0.2, 0.25) is 0 Å². The molecule has 4 aromatic rings. The number of benzene rings is 4. The van der Waals surface area contributed by atoms with Crippen LogP contribution in [0.5, 0.6) is 0 Å².